The van der Waals surface area contributed by atoms with Crippen LogP contribution in [0.2, 0.25) is 0 Å². The number of nitrogens with one attached hydrogen (secondary N) is 1. The molecule has 0 fully saturated rings. The van der Waals surface area contributed by atoms with Crippen molar-refractivity contribution < 1.29 is 19.8 Å². The monoisotopic (exact) mass is 350 g/mol. The van der Waals surface area contributed by atoms with E-state index in [-0.39, 0.29) is 11.4 Å². The zero-order valence-electron chi connectivity index (χ0n) is 13.5. The molecule has 0 saturated carbocycles. The van der Waals surface area contributed by atoms with E-state index in [0.29, 0.717) is 17.4 Å². The van der Waals surface area contributed by atoms with Crippen LogP contribution in [0.15, 0.2) is 42.6 Å². The van der Waals surface area contributed by atoms with Crippen LogP contribution in [0.1, 0.15) is 21.7 Å². The number of aromatic hydroxyl groups is 1. The van der Waals surface area contributed by atoms with Crippen molar-refractivity contribution >= 4 is 22.8 Å². The molecule has 0 aliphatic rings. The van der Waals surface area contributed by atoms with Gasteiger partial charge in [-0.25, -0.2) is 4.98 Å². The number of pyridine rings is 1. The molecular formula is C18H14N4O4. The maximum atomic E-state index is 12.1. The van der Waals surface area contributed by atoms with Crippen molar-refractivity contribution in [3.8, 4) is 11.8 Å². The number of rotatable bonds is 5. The SMILES string of the molecule is N#Cc1nc(C(=O)NCC(=O)O)c(O)c2ccn(Cc3ccccc3)c12. The Morgan fingerprint density at radius 1 is 1.23 bits per heavy atom. The molecule has 0 aliphatic carbocycles. The maximum absolute atomic E-state index is 12.1. The number of carbonyl (C=O) groups excluding carboxylic acids is 1. The third-order valence-corrected chi connectivity index (χ3v) is 3.81. The van der Waals surface area contributed by atoms with Gasteiger partial charge in [-0.15, -0.1) is 0 Å². The van der Waals surface area contributed by atoms with Gasteiger partial charge in [0.05, 0.1) is 5.52 Å². The molecule has 1 aromatic carbocycles. The highest BCUT2D eigenvalue weighted by Gasteiger charge is 2.21. The van der Waals surface area contributed by atoms with E-state index in [1.165, 1.54) is 0 Å². The Hall–Kier alpha value is -3.86. The van der Waals surface area contributed by atoms with Gasteiger partial charge in [0.2, 0.25) is 0 Å². The van der Waals surface area contributed by atoms with Crippen LogP contribution in [0.4, 0.5) is 0 Å². The lowest BCUT2D eigenvalue weighted by atomic mass is 10.1. The van der Waals surface area contributed by atoms with Crippen LogP contribution in [0.25, 0.3) is 10.9 Å². The van der Waals surface area contributed by atoms with Gasteiger partial charge in [0.1, 0.15) is 12.6 Å². The molecule has 3 rings (SSSR count). The highest BCUT2D eigenvalue weighted by Crippen LogP contribution is 2.30. The molecule has 0 atom stereocenters. The molecule has 0 aliphatic heterocycles. The first kappa shape index (κ1) is 17.0. The average molecular weight is 350 g/mol. The Labute approximate surface area is 147 Å². The lowest BCUT2D eigenvalue weighted by Crippen LogP contribution is -2.30. The van der Waals surface area contributed by atoms with Crippen molar-refractivity contribution in [2.24, 2.45) is 0 Å². The van der Waals surface area contributed by atoms with Crippen LogP contribution in [0, 0.1) is 11.3 Å². The van der Waals surface area contributed by atoms with Crippen molar-refractivity contribution in [1.82, 2.24) is 14.9 Å². The molecule has 8 heteroatoms. The van der Waals surface area contributed by atoms with Crippen LogP contribution >= 0.6 is 0 Å². The van der Waals surface area contributed by atoms with Crippen LogP contribution in [0.3, 0.4) is 0 Å². The molecule has 0 saturated heterocycles. The maximum Gasteiger partial charge on any atom is 0.322 e. The van der Waals surface area contributed by atoms with E-state index in [1.54, 1.807) is 16.8 Å². The summed E-state index contributed by atoms with van der Waals surface area (Å²) in [6.07, 6.45) is 1.69. The van der Waals surface area contributed by atoms with Crippen molar-refractivity contribution in [3.05, 3.63) is 59.5 Å². The van der Waals surface area contributed by atoms with Crippen molar-refractivity contribution in [2.45, 2.75) is 6.54 Å². The van der Waals surface area contributed by atoms with Gasteiger partial charge in [-0.1, -0.05) is 30.3 Å². The molecule has 3 aromatic rings. The number of carboxylic acids is 1. The third kappa shape index (κ3) is 3.18. The van der Waals surface area contributed by atoms with Gasteiger partial charge in [0.25, 0.3) is 5.91 Å². The summed E-state index contributed by atoms with van der Waals surface area (Å²) >= 11 is 0. The average Bonchev–Trinajstić information content (AvgIpc) is 3.05. The van der Waals surface area contributed by atoms with E-state index in [0.717, 1.165) is 5.56 Å². The molecule has 3 N–H and O–H groups in total. The van der Waals surface area contributed by atoms with Gasteiger partial charge >= 0.3 is 5.97 Å². The van der Waals surface area contributed by atoms with E-state index < -0.39 is 24.2 Å². The number of carbonyl (C=O) groups is 2. The quantitative estimate of drug-likeness (QED) is 0.639. The summed E-state index contributed by atoms with van der Waals surface area (Å²) in [4.78, 5) is 26.6. The number of hydrogen-bond donors (Lipinski definition) is 3. The van der Waals surface area contributed by atoms with Gasteiger partial charge in [-0.3, -0.25) is 9.59 Å². The number of hydrogen-bond acceptors (Lipinski definition) is 5. The highest BCUT2D eigenvalue weighted by atomic mass is 16.4. The van der Waals surface area contributed by atoms with E-state index >= 15 is 0 Å². The zero-order chi connectivity index (χ0) is 18.7. The highest BCUT2D eigenvalue weighted by molar-refractivity contribution is 6.03. The van der Waals surface area contributed by atoms with E-state index in [2.05, 4.69) is 10.3 Å². The predicted molar refractivity (Wildman–Crippen MR) is 91.6 cm³/mol. The molecule has 8 nitrogen and oxygen atoms in total. The zero-order valence-corrected chi connectivity index (χ0v) is 13.5. The minimum atomic E-state index is -1.23. The van der Waals surface area contributed by atoms with Gasteiger partial charge in [0.15, 0.2) is 17.1 Å². The molecule has 0 radical (unpaired) electrons. The summed E-state index contributed by atoms with van der Waals surface area (Å²) in [7, 11) is 0. The number of aromatic nitrogens is 2. The van der Waals surface area contributed by atoms with E-state index in [4.69, 9.17) is 5.11 Å². The lowest BCUT2D eigenvalue weighted by Gasteiger charge is -2.10. The summed E-state index contributed by atoms with van der Waals surface area (Å²) in [5, 5.41) is 30.9. The van der Waals surface area contributed by atoms with E-state index in [1.807, 2.05) is 36.4 Å². The molecule has 26 heavy (non-hydrogen) atoms. The predicted octanol–water partition coefficient (Wildman–Crippen LogP) is 1.48. The second-order valence-electron chi connectivity index (χ2n) is 5.54. The Morgan fingerprint density at radius 3 is 2.62 bits per heavy atom. The van der Waals surface area contributed by atoms with Crippen molar-refractivity contribution in [2.75, 3.05) is 6.54 Å². The van der Waals surface area contributed by atoms with Crippen LogP contribution in [-0.2, 0) is 11.3 Å². The largest absolute Gasteiger partial charge is 0.505 e. The fourth-order valence-electron chi connectivity index (χ4n) is 2.66. The number of carboxylic acid groups (broad SMARTS) is 1. The van der Waals surface area contributed by atoms with Gasteiger partial charge in [-0.05, 0) is 11.6 Å². The standard InChI is InChI=1S/C18H14N4O4/c19-8-13-16-12(6-7-22(16)10-11-4-2-1-3-5-11)17(25)15(21-13)18(26)20-9-14(23)24/h1-7,25H,9-10H2,(H,20,26)(H,23,24). The second kappa shape index (κ2) is 6.94. The summed E-state index contributed by atoms with van der Waals surface area (Å²) in [6.45, 7) is -0.153. The van der Waals surface area contributed by atoms with Crippen LogP contribution in [-0.4, -0.2) is 38.2 Å². The fraction of sp³-hybridized carbons (Fsp3) is 0.111. The Morgan fingerprint density at radius 2 is 1.96 bits per heavy atom. The first-order valence-electron chi connectivity index (χ1n) is 7.67. The molecule has 2 heterocycles. The van der Waals surface area contributed by atoms with Crippen molar-refractivity contribution in [1.29, 1.82) is 5.26 Å². The Kier molecular flexibility index (Phi) is 4.53. The topological polar surface area (TPSA) is 128 Å². The summed E-state index contributed by atoms with van der Waals surface area (Å²) in [5.74, 6) is -2.48. The summed E-state index contributed by atoms with van der Waals surface area (Å²) in [5.41, 5.74) is 0.993. The number of nitrogens with zero attached hydrogens (tertiary/aromatic N) is 3. The lowest BCUT2D eigenvalue weighted by molar-refractivity contribution is -0.135. The summed E-state index contributed by atoms with van der Waals surface area (Å²) < 4.78 is 1.76. The fourth-order valence-corrected chi connectivity index (χ4v) is 2.66. The smallest absolute Gasteiger partial charge is 0.322 e. The van der Waals surface area contributed by atoms with Crippen LogP contribution in [0.5, 0.6) is 5.75 Å². The molecule has 0 spiro atoms. The molecule has 2 aromatic heterocycles. The minimum absolute atomic E-state index is 0.0285. The first-order valence-corrected chi connectivity index (χ1v) is 7.67. The molecule has 130 valence electrons. The second-order valence-corrected chi connectivity index (χ2v) is 5.54. The molecule has 1 amide bonds. The van der Waals surface area contributed by atoms with Crippen LogP contribution < -0.4 is 5.32 Å². The number of amides is 1. The van der Waals surface area contributed by atoms with Crippen molar-refractivity contribution in [3.63, 3.8) is 0 Å². The molecule has 0 unspecified atom stereocenters. The first-order chi connectivity index (χ1) is 12.5. The molecule has 0 bridgehead atoms. The minimum Gasteiger partial charge on any atom is -0.505 e. The third-order valence-electron chi connectivity index (χ3n) is 3.81. The summed E-state index contributed by atoms with van der Waals surface area (Å²) in [6, 6.07) is 13.1. The van der Waals surface area contributed by atoms with E-state index in [9.17, 15) is 20.0 Å². The van der Waals surface area contributed by atoms with Gasteiger partial charge < -0.3 is 20.1 Å². The Balaban J connectivity index is 2.05. The van der Waals surface area contributed by atoms with Gasteiger partial charge in [0, 0.05) is 18.1 Å². The number of aliphatic carboxylic acids is 1. The van der Waals surface area contributed by atoms with Gasteiger partial charge in [-0.2, -0.15) is 5.26 Å². The number of benzene rings is 1. The normalized spacial score (nSPS) is 10.4. The number of nitriles is 1. The molecular weight excluding hydrogens is 336 g/mol. The Bertz CT molecular complexity index is 1030. The number of fused-ring (bicyclic) bond motifs is 1.